The van der Waals surface area contributed by atoms with Gasteiger partial charge in [0.1, 0.15) is 0 Å². The molecule has 2 aliphatic rings. The van der Waals surface area contributed by atoms with Gasteiger partial charge in [0.15, 0.2) is 0 Å². The lowest BCUT2D eigenvalue weighted by atomic mass is 9.65. The van der Waals surface area contributed by atoms with E-state index in [1.807, 2.05) is 0 Å². The van der Waals surface area contributed by atoms with Crippen molar-refractivity contribution in [2.45, 2.75) is 66.0 Å². The molecular formula is C17H34N2. The van der Waals surface area contributed by atoms with Gasteiger partial charge in [0, 0.05) is 12.1 Å². The lowest BCUT2D eigenvalue weighted by Crippen LogP contribution is -2.53. The van der Waals surface area contributed by atoms with E-state index in [1.165, 1.54) is 19.3 Å². The van der Waals surface area contributed by atoms with Crippen molar-refractivity contribution in [2.24, 2.45) is 41.2 Å². The molecule has 2 fully saturated rings. The number of nitrogens with one attached hydrogen (secondary N) is 1. The van der Waals surface area contributed by atoms with E-state index in [9.17, 15) is 0 Å². The normalized spacial score (nSPS) is 49.9. The molecule has 1 aliphatic heterocycles. The van der Waals surface area contributed by atoms with Crippen LogP contribution in [0.5, 0.6) is 0 Å². The smallest absolute Gasteiger partial charge is 0.0121 e. The summed E-state index contributed by atoms with van der Waals surface area (Å²) < 4.78 is 0. The summed E-state index contributed by atoms with van der Waals surface area (Å²) in [5, 5.41) is 3.85. The van der Waals surface area contributed by atoms with Gasteiger partial charge in [-0.05, 0) is 68.2 Å². The van der Waals surface area contributed by atoms with Gasteiger partial charge in [-0.3, -0.25) is 0 Å². The first-order valence-corrected chi connectivity index (χ1v) is 8.39. The van der Waals surface area contributed by atoms with E-state index in [-0.39, 0.29) is 0 Å². The highest BCUT2D eigenvalue weighted by atomic mass is 15.0. The van der Waals surface area contributed by atoms with Crippen molar-refractivity contribution in [3.8, 4) is 0 Å². The zero-order chi connectivity index (χ0) is 14.2. The number of piperidine rings is 1. The molecule has 3 N–H and O–H groups in total. The van der Waals surface area contributed by atoms with E-state index in [0.717, 1.165) is 42.2 Å². The molecule has 1 saturated carbocycles. The topological polar surface area (TPSA) is 38.0 Å². The number of rotatable bonds is 2. The molecule has 0 radical (unpaired) electrons. The summed E-state index contributed by atoms with van der Waals surface area (Å²) in [5.74, 6) is 4.99. The maximum Gasteiger partial charge on any atom is 0.0121 e. The van der Waals surface area contributed by atoms with Crippen LogP contribution in [-0.4, -0.2) is 18.6 Å². The molecule has 1 heterocycles. The molecule has 112 valence electrons. The number of hydrogen-bond donors (Lipinski definition) is 2. The minimum Gasteiger partial charge on any atom is -0.328 e. The van der Waals surface area contributed by atoms with Crippen LogP contribution in [-0.2, 0) is 0 Å². The van der Waals surface area contributed by atoms with Gasteiger partial charge in [-0.2, -0.15) is 0 Å². The van der Waals surface area contributed by atoms with Crippen LogP contribution in [0.25, 0.3) is 0 Å². The number of nitrogens with two attached hydrogens (primary N) is 1. The van der Waals surface area contributed by atoms with E-state index in [4.69, 9.17) is 5.73 Å². The van der Waals surface area contributed by atoms with Crippen LogP contribution in [0.2, 0.25) is 0 Å². The van der Waals surface area contributed by atoms with Crippen molar-refractivity contribution in [3.05, 3.63) is 0 Å². The second-order valence-electron chi connectivity index (χ2n) is 7.81. The van der Waals surface area contributed by atoms with Gasteiger partial charge in [-0.25, -0.2) is 0 Å². The molecule has 0 aromatic rings. The summed E-state index contributed by atoms with van der Waals surface area (Å²) in [6.45, 7) is 13.1. The molecule has 2 nitrogen and oxygen atoms in total. The van der Waals surface area contributed by atoms with E-state index >= 15 is 0 Å². The maximum absolute atomic E-state index is 6.08. The molecule has 1 saturated heterocycles. The predicted molar refractivity (Wildman–Crippen MR) is 82.9 cm³/mol. The highest BCUT2D eigenvalue weighted by molar-refractivity contribution is 4.93. The van der Waals surface area contributed by atoms with E-state index in [0.29, 0.717) is 12.0 Å². The fraction of sp³-hybridized carbons (Fsp3) is 1.00. The average molecular weight is 266 g/mol. The maximum atomic E-state index is 6.08. The fourth-order valence-corrected chi connectivity index (χ4v) is 4.56. The molecular weight excluding hydrogens is 232 g/mol. The summed E-state index contributed by atoms with van der Waals surface area (Å²) in [6, 6.07) is 1.06. The van der Waals surface area contributed by atoms with Gasteiger partial charge >= 0.3 is 0 Å². The summed E-state index contributed by atoms with van der Waals surface area (Å²) in [6.07, 6.45) is 4.14. The molecule has 0 aromatic heterocycles. The number of hydrogen-bond acceptors (Lipinski definition) is 2. The Morgan fingerprint density at radius 2 is 1.53 bits per heavy atom. The standard InChI is InChI=1S/C17H34N2/c1-10-6-15(7-11(2)13(10)4)17-12(3)8-16(9-19-17)14(5)18/h10-17,19H,6-9,18H2,1-5H3. The Morgan fingerprint density at radius 1 is 0.947 bits per heavy atom. The molecule has 19 heavy (non-hydrogen) atoms. The third kappa shape index (κ3) is 3.33. The van der Waals surface area contributed by atoms with Gasteiger partial charge in [-0.1, -0.05) is 27.7 Å². The van der Waals surface area contributed by atoms with Crippen LogP contribution < -0.4 is 11.1 Å². The van der Waals surface area contributed by atoms with Gasteiger partial charge in [0.25, 0.3) is 0 Å². The molecule has 2 rings (SSSR count). The van der Waals surface area contributed by atoms with E-state index in [1.54, 1.807) is 0 Å². The van der Waals surface area contributed by atoms with Gasteiger partial charge in [0.2, 0.25) is 0 Å². The van der Waals surface area contributed by atoms with Crippen molar-refractivity contribution in [2.75, 3.05) is 6.54 Å². The predicted octanol–water partition coefficient (Wildman–Crippen LogP) is 3.27. The van der Waals surface area contributed by atoms with Crippen molar-refractivity contribution < 1.29 is 0 Å². The Hall–Kier alpha value is -0.0800. The third-order valence-corrected chi connectivity index (χ3v) is 6.30. The molecule has 0 aromatic carbocycles. The second kappa shape index (κ2) is 6.13. The summed E-state index contributed by atoms with van der Waals surface area (Å²) in [5.41, 5.74) is 6.08. The quantitative estimate of drug-likeness (QED) is 0.805. The zero-order valence-electron chi connectivity index (χ0n) is 13.5. The fourth-order valence-electron chi connectivity index (χ4n) is 4.56. The Morgan fingerprint density at radius 3 is 2.00 bits per heavy atom. The largest absolute Gasteiger partial charge is 0.328 e. The van der Waals surface area contributed by atoms with Crippen molar-refractivity contribution in [3.63, 3.8) is 0 Å². The Bertz CT molecular complexity index is 277. The van der Waals surface area contributed by atoms with E-state index in [2.05, 4.69) is 39.9 Å². The second-order valence-corrected chi connectivity index (χ2v) is 7.81. The van der Waals surface area contributed by atoms with Crippen LogP contribution in [0.3, 0.4) is 0 Å². The van der Waals surface area contributed by atoms with E-state index < -0.39 is 0 Å². The summed E-state index contributed by atoms with van der Waals surface area (Å²) in [7, 11) is 0. The Kier molecular flexibility index (Phi) is 4.94. The molecule has 6 unspecified atom stereocenters. The molecule has 6 atom stereocenters. The van der Waals surface area contributed by atoms with Crippen LogP contribution >= 0.6 is 0 Å². The zero-order valence-corrected chi connectivity index (χ0v) is 13.5. The van der Waals surface area contributed by atoms with Crippen molar-refractivity contribution in [1.29, 1.82) is 0 Å². The molecule has 1 aliphatic carbocycles. The monoisotopic (exact) mass is 266 g/mol. The van der Waals surface area contributed by atoms with Crippen LogP contribution in [0.1, 0.15) is 53.9 Å². The van der Waals surface area contributed by atoms with Crippen LogP contribution in [0.15, 0.2) is 0 Å². The first kappa shape index (κ1) is 15.3. The molecule has 2 heteroatoms. The van der Waals surface area contributed by atoms with Crippen molar-refractivity contribution >= 4 is 0 Å². The first-order valence-electron chi connectivity index (χ1n) is 8.39. The minimum absolute atomic E-state index is 0.333. The highest BCUT2D eigenvalue weighted by Crippen LogP contribution is 2.41. The third-order valence-electron chi connectivity index (χ3n) is 6.30. The van der Waals surface area contributed by atoms with Gasteiger partial charge in [-0.15, -0.1) is 0 Å². The molecule has 0 bridgehead atoms. The Labute approximate surface area is 119 Å². The average Bonchev–Trinajstić information content (AvgIpc) is 2.35. The summed E-state index contributed by atoms with van der Waals surface area (Å²) in [4.78, 5) is 0. The minimum atomic E-state index is 0.333. The van der Waals surface area contributed by atoms with Gasteiger partial charge in [0.05, 0.1) is 0 Å². The lowest BCUT2D eigenvalue weighted by Gasteiger charge is -2.46. The lowest BCUT2D eigenvalue weighted by molar-refractivity contribution is 0.0744. The van der Waals surface area contributed by atoms with Gasteiger partial charge < -0.3 is 11.1 Å². The first-order chi connectivity index (χ1) is 8.90. The van der Waals surface area contributed by atoms with Crippen LogP contribution in [0.4, 0.5) is 0 Å². The summed E-state index contributed by atoms with van der Waals surface area (Å²) >= 11 is 0. The molecule has 0 amide bonds. The Balaban J connectivity index is 1.96. The SMILES string of the molecule is CC(N)C1CNC(C2CC(C)C(C)C(C)C2)C(C)C1. The van der Waals surface area contributed by atoms with Crippen molar-refractivity contribution in [1.82, 2.24) is 5.32 Å². The molecule has 0 spiro atoms. The van der Waals surface area contributed by atoms with Crippen LogP contribution in [0, 0.1) is 35.5 Å². The highest BCUT2D eigenvalue weighted by Gasteiger charge is 2.38.